The molecule has 1 aliphatic rings. The van der Waals surface area contributed by atoms with E-state index >= 15 is 0 Å². The molecule has 3 N–H and O–H groups in total. The average Bonchev–Trinajstić information content (AvgIpc) is 3.50. The number of pyridine rings is 1. The number of para-hydroxylation sites is 2. The van der Waals surface area contributed by atoms with E-state index < -0.39 is 0 Å². The third-order valence-corrected chi connectivity index (χ3v) is 6.56. The number of benzene rings is 1. The summed E-state index contributed by atoms with van der Waals surface area (Å²) in [5.41, 5.74) is 8.09. The van der Waals surface area contributed by atoms with E-state index in [1.54, 1.807) is 0 Å². The van der Waals surface area contributed by atoms with Crippen molar-refractivity contribution in [1.29, 1.82) is 0 Å². The number of hydrogen-bond donors (Lipinski definition) is 3. The van der Waals surface area contributed by atoms with Crippen LogP contribution in [0.25, 0.3) is 39.2 Å². The van der Waals surface area contributed by atoms with Gasteiger partial charge in [0.05, 0.1) is 22.2 Å². The van der Waals surface area contributed by atoms with Crippen LogP contribution >= 0.6 is 0 Å². The first kappa shape index (κ1) is 21.9. The molecule has 0 atom stereocenters. The van der Waals surface area contributed by atoms with E-state index in [0.29, 0.717) is 17.4 Å². The third-order valence-electron chi connectivity index (χ3n) is 6.56. The van der Waals surface area contributed by atoms with Gasteiger partial charge in [0.1, 0.15) is 5.52 Å². The number of nitrogens with zero attached hydrogens (tertiary/aromatic N) is 3. The number of nitrogens with one attached hydrogen (secondary N) is 3. The second-order valence-electron chi connectivity index (χ2n) is 8.80. The van der Waals surface area contributed by atoms with Crippen molar-refractivity contribution in [3.63, 3.8) is 0 Å². The molecular weight excluding hydrogens is 420 g/mol. The highest BCUT2D eigenvalue weighted by atomic mass is 15.1. The fraction of sp³-hybridized carbons (Fsp3) is 0.250. The lowest BCUT2D eigenvalue weighted by Crippen LogP contribution is -2.20. The van der Waals surface area contributed by atoms with Crippen molar-refractivity contribution in [2.24, 2.45) is 5.92 Å². The van der Waals surface area contributed by atoms with E-state index in [9.17, 15) is 0 Å². The number of H-pyrrole nitrogens is 2. The summed E-state index contributed by atoms with van der Waals surface area (Å²) in [6, 6.07) is 12.0. The Morgan fingerprint density at radius 1 is 1.06 bits per heavy atom. The first-order valence-electron chi connectivity index (χ1n) is 11.9. The second kappa shape index (κ2) is 9.51. The largest absolute Gasteiger partial charge is 0.359 e. The van der Waals surface area contributed by atoms with Gasteiger partial charge in [-0.1, -0.05) is 50.6 Å². The Morgan fingerprint density at radius 2 is 1.88 bits per heavy atom. The number of fused-ring (bicyclic) bond motifs is 2. The van der Waals surface area contributed by atoms with Crippen LogP contribution in [0.3, 0.4) is 0 Å². The summed E-state index contributed by atoms with van der Waals surface area (Å²) < 4.78 is 0. The molecule has 34 heavy (non-hydrogen) atoms. The maximum atomic E-state index is 4.96. The molecule has 0 bridgehead atoms. The minimum atomic E-state index is 0.526. The lowest BCUT2D eigenvalue weighted by Gasteiger charge is -2.25. The predicted octanol–water partition coefficient (Wildman–Crippen LogP) is 6.66. The average molecular weight is 451 g/mol. The van der Waals surface area contributed by atoms with E-state index in [-0.39, 0.29) is 0 Å². The zero-order valence-electron chi connectivity index (χ0n) is 19.6. The summed E-state index contributed by atoms with van der Waals surface area (Å²) in [6.45, 7) is 10.3. The predicted molar refractivity (Wildman–Crippen MR) is 140 cm³/mol. The molecule has 1 saturated carbocycles. The van der Waals surface area contributed by atoms with Crippen LogP contribution in [0.15, 0.2) is 79.2 Å². The van der Waals surface area contributed by atoms with Gasteiger partial charge in [0.15, 0.2) is 11.5 Å². The third kappa shape index (κ3) is 4.31. The first-order chi connectivity index (χ1) is 16.7. The van der Waals surface area contributed by atoms with Gasteiger partial charge in [-0.05, 0) is 67.7 Å². The Morgan fingerprint density at radius 3 is 2.65 bits per heavy atom. The molecule has 3 heterocycles. The fourth-order valence-corrected chi connectivity index (χ4v) is 4.65. The molecule has 6 nitrogen and oxygen atoms in total. The maximum Gasteiger partial charge on any atom is 0.161 e. The van der Waals surface area contributed by atoms with E-state index in [1.165, 1.54) is 32.1 Å². The molecule has 1 aromatic carbocycles. The van der Waals surface area contributed by atoms with E-state index in [4.69, 9.17) is 9.97 Å². The molecule has 5 rings (SSSR count). The molecule has 0 unspecified atom stereocenters. The van der Waals surface area contributed by atoms with Gasteiger partial charge in [-0.3, -0.25) is 5.10 Å². The molecule has 1 fully saturated rings. The Labute approximate surface area is 199 Å². The number of imidazole rings is 1. The van der Waals surface area contributed by atoms with Crippen molar-refractivity contribution in [2.75, 3.05) is 0 Å². The monoisotopic (exact) mass is 450 g/mol. The lowest BCUT2D eigenvalue weighted by atomic mass is 9.87. The minimum Gasteiger partial charge on any atom is -0.359 e. The van der Waals surface area contributed by atoms with Gasteiger partial charge < -0.3 is 10.3 Å². The summed E-state index contributed by atoms with van der Waals surface area (Å²) in [4.78, 5) is 13.0. The molecule has 1 aliphatic carbocycles. The standard InChI is InChI=1S/C28H30N6/c1-4-19(17-21(5-2)29-18(3)20-11-7-6-8-12-20)22-15-16-25-26(30-22)27(34-33-25)28-31-23-13-9-10-14-24(23)32-28/h4-5,9-10,13-17,20,29H,2-3,6-8,11-12H2,1H3,(H,31,32)(H,33,34)/b19-4+,21-17+. The van der Waals surface area contributed by atoms with Crippen LogP contribution in [0, 0.1) is 5.92 Å². The molecule has 3 aromatic heterocycles. The van der Waals surface area contributed by atoms with Crippen LogP contribution in [-0.4, -0.2) is 25.1 Å². The highest BCUT2D eigenvalue weighted by molar-refractivity contribution is 5.91. The van der Waals surface area contributed by atoms with Crippen LogP contribution in [-0.2, 0) is 0 Å². The number of aromatic amines is 2. The molecule has 0 spiro atoms. The molecule has 0 aliphatic heterocycles. The summed E-state index contributed by atoms with van der Waals surface area (Å²) in [5, 5.41) is 11.1. The van der Waals surface area contributed by atoms with E-state index in [0.717, 1.165) is 44.7 Å². The van der Waals surface area contributed by atoms with Crippen molar-refractivity contribution >= 4 is 27.6 Å². The fourth-order valence-electron chi connectivity index (χ4n) is 4.65. The van der Waals surface area contributed by atoms with Crippen molar-refractivity contribution in [3.05, 3.63) is 84.9 Å². The summed E-state index contributed by atoms with van der Waals surface area (Å²) in [6.07, 6.45) is 12.3. The van der Waals surface area contributed by atoms with Crippen molar-refractivity contribution in [1.82, 2.24) is 30.5 Å². The van der Waals surface area contributed by atoms with Gasteiger partial charge in [-0.25, -0.2) is 9.97 Å². The molecular formula is C28H30N6. The normalized spacial score (nSPS) is 15.7. The smallest absolute Gasteiger partial charge is 0.161 e. The molecule has 0 radical (unpaired) electrons. The van der Waals surface area contributed by atoms with Crippen LogP contribution in [0.2, 0.25) is 0 Å². The summed E-state index contributed by atoms with van der Waals surface area (Å²) >= 11 is 0. The van der Waals surface area contributed by atoms with Crippen LogP contribution in [0.4, 0.5) is 0 Å². The topological polar surface area (TPSA) is 82.3 Å². The summed E-state index contributed by atoms with van der Waals surface area (Å²) in [5.74, 6) is 1.23. The molecule has 4 aromatic rings. The Balaban J connectivity index is 1.45. The van der Waals surface area contributed by atoms with Crippen molar-refractivity contribution in [3.8, 4) is 11.5 Å². The Bertz CT molecular complexity index is 1380. The number of rotatable bonds is 7. The Hall–Kier alpha value is -3.93. The SMILES string of the molecule is C=C/C(=C\C(=C/C)c1ccc2[nH]nc(-c3nc4ccccc4[nH]3)c2n1)NC(=C)C1CCCCC1. The molecule has 0 saturated heterocycles. The maximum absolute atomic E-state index is 4.96. The van der Waals surface area contributed by atoms with Crippen LogP contribution < -0.4 is 5.32 Å². The van der Waals surface area contributed by atoms with Gasteiger partial charge >= 0.3 is 0 Å². The van der Waals surface area contributed by atoms with Gasteiger partial charge in [0.2, 0.25) is 0 Å². The van der Waals surface area contributed by atoms with E-state index in [2.05, 4.69) is 45.8 Å². The highest BCUT2D eigenvalue weighted by Gasteiger charge is 2.17. The summed E-state index contributed by atoms with van der Waals surface area (Å²) in [7, 11) is 0. The van der Waals surface area contributed by atoms with Crippen LogP contribution in [0.1, 0.15) is 44.7 Å². The molecule has 0 amide bonds. The van der Waals surface area contributed by atoms with Crippen molar-refractivity contribution < 1.29 is 0 Å². The van der Waals surface area contributed by atoms with E-state index in [1.807, 2.05) is 49.4 Å². The highest BCUT2D eigenvalue weighted by Crippen LogP contribution is 2.29. The Kier molecular flexibility index (Phi) is 6.12. The van der Waals surface area contributed by atoms with Gasteiger partial charge in [0, 0.05) is 11.4 Å². The molecule has 6 heteroatoms. The van der Waals surface area contributed by atoms with Crippen LogP contribution in [0.5, 0.6) is 0 Å². The van der Waals surface area contributed by atoms with Gasteiger partial charge in [0.25, 0.3) is 0 Å². The van der Waals surface area contributed by atoms with Gasteiger partial charge in [-0.15, -0.1) is 0 Å². The number of aromatic nitrogens is 5. The zero-order valence-corrected chi connectivity index (χ0v) is 19.6. The first-order valence-corrected chi connectivity index (χ1v) is 11.9. The lowest BCUT2D eigenvalue weighted by molar-refractivity contribution is 0.393. The van der Waals surface area contributed by atoms with Crippen molar-refractivity contribution in [2.45, 2.75) is 39.0 Å². The molecule has 172 valence electrons. The zero-order chi connectivity index (χ0) is 23.5. The second-order valence-corrected chi connectivity index (χ2v) is 8.80. The number of hydrogen-bond acceptors (Lipinski definition) is 4. The minimum absolute atomic E-state index is 0.526. The quantitative estimate of drug-likeness (QED) is 0.275. The number of allylic oxidation sites excluding steroid dienone is 5. The van der Waals surface area contributed by atoms with Gasteiger partial charge in [-0.2, -0.15) is 5.10 Å².